The normalized spacial score (nSPS) is 14.4. The highest BCUT2D eigenvalue weighted by Crippen LogP contribution is 2.39. The molecule has 0 saturated carbocycles. The maximum Gasteiger partial charge on any atom is 0.281 e. The van der Waals surface area contributed by atoms with Crippen LogP contribution in [0.2, 0.25) is 0 Å². The Morgan fingerprint density at radius 3 is 2.46 bits per heavy atom. The molecule has 1 fully saturated rings. The summed E-state index contributed by atoms with van der Waals surface area (Å²) in [4.78, 5) is 16.7. The zero-order valence-electron chi connectivity index (χ0n) is 21.8. The number of amides is 1. The third-order valence-electron chi connectivity index (χ3n) is 6.47. The third kappa shape index (κ3) is 5.35. The van der Waals surface area contributed by atoms with E-state index in [0.717, 1.165) is 27.6 Å². The van der Waals surface area contributed by atoms with E-state index in [4.69, 9.17) is 26.4 Å². The average Bonchev–Trinajstić information content (AvgIpc) is 3.15. The van der Waals surface area contributed by atoms with Crippen molar-refractivity contribution < 1.29 is 19.0 Å². The van der Waals surface area contributed by atoms with Crippen LogP contribution in [0.4, 0.5) is 5.69 Å². The number of nitrogens with zero attached hydrogens (tertiary/aromatic N) is 2. The summed E-state index contributed by atoms with van der Waals surface area (Å²) >= 11 is 9.25. The summed E-state index contributed by atoms with van der Waals surface area (Å²) in [7, 11) is 3.38. The van der Waals surface area contributed by atoms with Gasteiger partial charge in [0.2, 0.25) is 0 Å². The summed E-state index contributed by atoms with van der Waals surface area (Å²) < 4.78 is 18.1. The highest BCUT2D eigenvalue weighted by molar-refractivity contribution is 9.10. The van der Waals surface area contributed by atoms with Gasteiger partial charge in [-0.25, -0.2) is 0 Å². The lowest BCUT2D eigenvalue weighted by molar-refractivity contribution is -0.114. The van der Waals surface area contributed by atoms with Crippen LogP contribution < -0.4 is 19.1 Å². The fourth-order valence-corrected chi connectivity index (χ4v) is 5.39. The van der Waals surface area contributed by atoms with Gasteiger partial charge in [-0.1, -0.05) is 42.5 Å². The van der Waals surface area contributed by atoms with Crippen LogP contribution in [0.5, 0.6) is 17.2 Å². The molecule has 1 aliphatic heterocycles. The minimum absolute atomic E-state index is 0.210. The lowest BCUT2D eigenvalue weighted by Gasteiger charge is -2.17. The summed E-state index contributed by atoms with van der Waals surface area (Å²) in [5, 5.41) is 2.71. The number of thiocarbonyl (C=S) groups is 1. The largest absolute Gasteiger partial charge is 0.494 e. The first-order valence-corrected chi connectivity index (χ1v) is 13.6. The number of ether oxygens (including phenoxy) is 3. The molecule has 198 valence electrons. The molecule has 1 saturated heterocycles. The zero-order valence-corrected chi connectivity index (χ0v) is 24.2. The molecular weight excluding hydrogens is 576 g/mol. The molecule has 1 aliphatic rings. The SMILES string of the molecule is CCOc1ccc(N2C(=O)/C(=C/c3cc(Br)c(OCc4cccc5ccccc45)c(OC)c3)N(C)C2=S)cc1. The number of hydrogen-bond donors (Lipinski definition) is 0. The van der Waals surface area contributed by atoms with Crippen molar-refractivity contribution in [2.24, 2.45) is 0 Å². The van der Waals surface area contributed by atoms with E-state index in [1.54, 1.807) is 25.1 Å². The predicted octanol–water partition coefficient (Wildman–Crippen LogP) is 7.19. The number of fused-ring (bicyclic) bond motifs is 1. The second-order valence-electron chi connectivity index (χ2n) is 8.90. The minimum Gasteiger partial charge on any atom is -0.494 e. The van der Waals surface area contributed by atoms with Crippen LogP contribution in [-0.2, 0) is 11.4 Å². The van der Waals surface area contributed by atoms with Crippen LogP contribution in [0.15, 0.2) is 89.0 Å². The summed E-state index contributed by atoms with van der Waals surface area (Å²) in [6.07, 6.45) is 1.80. The molecule has 0 spiro atoms. The molecule has 0 aromatic heterocycles. The summed E-state index contributed by atoms with van der Waals surface area (Å²) in [6, 6.07) is 25.4. The molecule has 0 unspecified atom stereocenters. The quantitative estimate of drug-likeness (QED) is 0.157. The monoisotopic (exact) mass is 602 g/mol. The lowest BCUT2D eigenvalue weighted by Crippen LogP contribution is -2.31. The number of hydrogen-bond acceptors (Lipinski definition) is 5. The molecule has 1 amide bonds. The Kier molecular flexibility index (Phi) is 7.86. The molecule has 0 bridgehead atoms. The first kappa shape index (κ1) is 26.7. The fourth-order valence-electron chi connectivity index (χ4n) is 4.53. The maximum absolute atomic E-state index is 13.4. The number of halogens is 1. The van der Waals surface area contributed by atoms with E-state index >= 15 is 0 Å². The van der Waals surface area contributed by atoms with Gasteiger partial charge in [-0.15, -0.1) is 0 Å². The van der Waals surface area contributed by atoms with Crippen molar-refractivity contribution >= 4 is 61.7 Å². The van der Waals surface area contributed by atoms with Crippen molar-refractivity contribution in [3.05, 3.63) is 100 Å². The molecule has 8 heteroatoms. The summed E-state index contributed by atoms with van der Waals surface area (Å²) in [5.41, 5.74) is 2.98. The minimum atomic E-state index is -0.210. The molecule has 0 aliphatic carbocycles. The van der Waals surface area contributed by atoms with Crippen LogP contribution in [0.1, 0.15) is 18.1 Å². The van der Waals surface area contributed by atoms with Gasteiger partial charge in [0.15, 0.2) is 16.6 Å². The number of likely N-dealkylation sites (N-methyl/N-ethyl adjacent to an activating group) is 1. The summed E-state index contributed by atoms with van der Waals surface area (Å²) in [6.45, 7) is 2.88. The predicted molar refractivity (Wildman–Crippen MR) is 162 cm³/mol. The molecule has 0 N–H and O–H groups in total. The van der Waals surface area contributed by atoms with Crippen LogP contribution in [-0.4, -0.2) is 36.7 Å². The number of carbonyl (C=O) groups excluding carboxylic acids is 1. The van der Waals surface area contributed by atoms with Gasteiger partial charge in [-0.3, -0.25) is 9.69 Å². The molecule has 39 heavy (non-hydrogen) atoms. The highest BCUT2D eigenvalue weighted by atomic mass is 79.9. The Morgan fingerprint density at radius 1 is 0.974 bits per heavy atom. The van der Waals surface area contributed by atoms with Crippen molar-refractivity contribution in [2.45, 2.75) is 13.5 Å². The fraction of sp³-hybridized carbons (Fsp3) is 0.161. The van der Waals surface area contributed by atoms with Crippen LogP contribution in [0.3, 0.4) is 0 Å². The Bertz CT molecular complexity index is 1580. The van der Waals surface area contributed by atoms with Crippen molar-refractivity contribution in [1.29, 1.82) is 0 Å². The first-order valence-electron chi connectivity index (χ1n) is 12.4. The smallest absolute Gasteiger partial charge is 0.281 e. The molecule has 4 aromatic carbocycles. The highest BCUT2D eigenvalue weighted by Gasteiger charge is 2.36. The number of methoxy groups -OCH3 is 1. The van der Waals surface area contributed by atoms with Gasteiger partial charge in [-0.2, -0.15) is 0 Å². The molecule has 4 aromatic rings. The molecule has 6 nitrogen and oxygen atoms in total. The number of rotatable bonds is 8. The van der Waals surface area contributed by atoms with Gasteiger partial charge >= 0.3 is 0 Å². The average molecular weight is 604 g/mol. The molecule has 1 heterocycles. The second kappa shape index (κ2) is 11.5. The zero-order chi connectivity index (χ0) is 27.5. The molecular formula is C31H27BrN2O4S. The molecule has 0 atom stereocenters. The number of anilines is 1. The topological polar surface area (TPSA) is 51.2 Å². The van der Waals surface area contributed by atoms with Gasteiger partial charge < -0.3 is 19.1 Å². The van der Waals surface area contributed by atoms with Gasteiger partial charge in [0.25, 0.3) is 5.91 Å². The van der Waals surface area contributed by atoms with Gasteiger partial charge in [-0.05, 0) is 99.4 Å². The standard InChI is InChI=1S/C31H27BrN2O4S/c1-4-37-24-14-12-23(13-15-24)34-30(35)27(33(2)31(34)39)17-20-16-26(32)29(28(18-20)36-3)38-19-22-10-7-9-21-8-5-6-11-25(21)22/h5-18H,4,19H2,1-3H3/b27-17-. The van der Waals surface area contributed by atoms with Crippen LogP contribution in [0.25, 0.3) is 16.8 Å². The van der Waals surface area contributed by atoms with E-state index in [9.17, 15) is 4.79 Å². The lowest BCUT2D eigenvalue weighted by atomic mass is 10.1. The Balaban J connectivity index is 1.40. The van der Waals surface area contributed by atoms with E-state index < -0.39 is 0 Å². The van der Waals surface area contributed by atoms with E-state index in [2.05, 4.69) is 40.2 Å². The number of carbonyl (C=O) groups is 1. The Labute approximate surface area is 241 Å². The van der Waals surface area contributed by atoms with E-state index in [-0.39, 0.29) is 5.91 Å². The van der Waals surface area contributed by atoms with E-state index in [1.165, 1.54) is 4.90 Å². The second-order valence-corrected chi connectivity index (χ2v) is 10.1. The van der Waals surface area contributed by atoms with E-state index in [0.29, 0.717) is 45.7 Å². The Hall–Kier alpha value is -3.88. The van der Waals surface area contributed by atoms with E-state index in [1.807, 2.05) is 61.5 Å². The summed E-state index contributed by atoms with van der Waals surface area (Å²) in [5.74, 6) is 1.67. The van der Waals surface area contributed by atoms with Crippen LogP contribution in [0, 0.1) is 0 Å². The van der Waals surface area contributed by atoms with Crippen molar-refractivity contribution in [3.63, 3.8) is 0 Å². The maximum atomic E-state index is 13.4. The van der Waals surface area contributed by atoms with Gasteiger partial charge in [0, 0.05) is 7.05 Å². The first-order chi connectivity index (χ1) is 18.9. The Morgan fingerprint density at radius 2 is 1.72 bits per heavy atom. The molecule has 5 rings (SSSR count). The van der Waals surface area contributed by atoms with Crippen LogP contribution >= 0.6 is 28.1 Å². The van der Waals surface area contributed by atoms with Gasteiger partial charge in [0.05, 0.1) is 23.9 Å². The van der Waals surface area contributed by atoms with Crippen molar-refractivity contribution in [3.8, 4) is 17.2 Å². The van der Waals surface area contributed by atoms with Gasteiger partial charge in [0.1, 0.15) is 18.1 Å². The molecule has 0 radical (unpaired) electrons. The third-order valence-corrected chi connectivity index (χ3v) is 7.52. The number of benzene rings is 4. The van der Waals surface area contributed by atoms with Crippen molar-refractivity contribution in [1.82, 2.24) is 4.90 Å². The van der Waals surface area contributed by atoms with Crippen molar-refractivity contribution in [2.75, 3.05) is 25.7 Å².